The summed E-state index contributed by atoms with van der Waals surface area (Å²) in [5.41, 5.74) is 2.13. The fourth-order valence-corrected chi connectivity index (χ4v) is 8.80. The highest BCUT2D eigenvalue weighted by atomic mass is 32.2. The molecule has 0 bridgehead atoms. The molecule has 2 aromatic carbocycles. The lowest BCUT2D eigenvalue weighted by Crippen LogP contribution is -2.32. The predicted octanol–water partition coefficient (Wildman–Crippen LogP) is 4.72. The van der Waals surface area contributed by atoms with Crippen LogP contribution >= 0.6 is 34.4 Å². The van der Waals surface area contributed by atoms with Crippen LogP contribution in [0.5, 0.6) is 5.75 Å². The van der Waals surface area contributed by atoms with E-state index in [4.69, 9.17) is 4.74 Å². The van der Waals surface area contributed by atoms with E-state index >= 15 is 0 Å². The monoisotopic (exact) mass is 577 g/mol. The maximum Gasteiger partial charge on any atom is 0.308 e. The average Bonchev–Trinajstić information content (AvgIpc) is 3.62. The van der Waals surface area contributed by atoms with Crippen LogP contribution in [0.15, 0.2) is 75.9 Å². The molecule has 0 saturated carbocycles. The van der Waals surface area contributed by atoms with E-state index in [1.807, 2.05) is 42.6 Å². The first-order chi connectivity index (χ1) is 18.9. The summed E-state index contributed by atoms with van der Waals surface area (Å²) in [6.45, 7) is 1.74. The SMILES string of the molecule is COc1ccc(N2C(=O)C3Sc4c(sc(=O)n4CC(=O)Nc4cccc(C)c4)[C@H](c4cccs4)C3C2=O)cc1. The van der Waals surface area contributed by atoms with Crippen molar-refractivity contribution in [1.29, 1.82) is 0 Å². The summed E-state index contributed by atoms with van der Waals surface area (Å²) >= 11 is 3.74. The number of fused-ring (bicyclic) bond motifs is 2. The Hall–Kier alpha value is -3.67. The minimum atomic E-state index is -0.723. The summed E-state index contributed by atoms with van der Waals surface area (Å²) in [6.07, 6.45) is 0. The summed E-state index contributed by atoms with van der Waals surface area (Å²) in [4.78, 5) is 56.3. The normalized spacial score (nSPS) is 20.1. The number of aryl methyl sites for hydroxylation is 1. The Bertz CT molecular complexity index is 1640. The van der Waals surface area contributed by atoms with Gasteiger partial charge < -0.3 is 10.1 Å². The van der Waals surface area contributed by atoms with Gasteiger partial charge in [0.2, 0.25) is 17.7 Å². The second kappa shape index (κ2) is 10.1. The van der Waals surface area contributed by atoms with Crippen LogP contribution in [0.2, 0.25) is 0 Å². The van der Waals surface area contributed by atoms with Crippen LogP contribution in [0.3, 0.4) is 0 Å². The molecule has 2 aliphatic heterocycles. The number of ether oxygens (including phenoxy) is 1. The van der Waals surface area contributed by atoms with Crippen molar-refractivity contribution in [3.05, 3.63) is 91.0 Å². The lowest BCUT2D eigenvalue weighted by Gasteiger charge is -2.29. The molecule has 3 atom stereocenters. The Morgan fingerprint density at radius 1 is 1.03 bits per heavy atom. The zero-order valence-electron chi connectivity index (χ0n) is 21.0. The number of thioether (sulfide) groups is 1. The van der Waals surface area contributed by atoms with Gasteiger partial charge in [0, 0.05) is 21.4 Å². The van der Waals surface area contributed by atoms with Gasteiger partial charge in [-0.3, -0.25) is 23.7 Å². The standard InChI is InChI=1S/C28H23N3O5S3/c1-15-5-3-6-16(13-15)29-20(32)14-30-27-24(39-28(30)35)21(19-7-4-12-37-19)22-23(38-27)26(34)31(25(22)33)17-8-10-18(36-2)11-9-17/h3-13,21-23H,14H2,1-2H3,(H,29,32)/t21-,22?,23?/m1/s1. The van der Waals surface area contributed by atoms with Crippen LogP contribution in [-0.2, 0) is 20.9 Å². The molecule has 2 unspecified atom stereocenters. The molecule has 1 saturated heterocycles. The van der Waals surface area contributed by atoms with Crippen molar-refractivity contribution in [1.82, 2.24) is 4.57 Å². The number of carbonyl (C=O) groups is 3. The number of anilines is 2. The molecule has 0 radical (unpaired) electrons. The lowest BCUT2D eigenvalue weighted by atomic mass is 9.87. The smallest absolute Gasteiger partial charge is 0.308 e. The molecule has 1 fully saturated rings. The summed E-state index contributed by atoms with van der Waals surface area (Å²) < 4.78 is 6.65. The van der Waals surface area contributed by atoms with Crippen molar-refractivity contribution in [2.24, 2.45) is 5.92 Å². The van der Waals surface area contributed by atoms with Crippen LogP contribution in [0.1, 0.15) is 21.2 Å². The Balaban J connectivity index is 1.37. The second-order valence-corrected chi connectivity index (χ2v) is 12.4. The van der Waals surface area contributed by atoms with Crippen molar-refractivity contribution in [2.75, 3.05) is 17.3 Å². The number of rotatable bonds is 6. The number of nitrogens with one attached hydrogen (secondary N) is 1. The lowest BCUT2D eigenvalue weighted by molar-refractivity contribution is -0.122. The van der Waals surface area contributed by atoms with Crippen LogP contribution in [0.25, 0.3) is 0 Å². The quantitative estimate of drug-likeness (QED) is 0.333. The van der Waals surface area contributed by atoms with E-state index in [0.29, 0.717) is 22.2 Å². The molecule has 0 aliphatic carbocycles. The highest BCUT2D eigenvalue weighted by molar-refractivity contribution is 8.00. The number of hydrogen-bond donors (Lipinski definition) is 1. The van der Waals surface area contributed by atoms with Crippen molar-refractivity contribution in [3.63, 3.8) is 0 Å². The number of thiazole rings is 1. The third kappa shape index (κ3) is 4.50. The largest absolute Gasteiger partial charge is 0.497 e. The number of imide groups is 1. The van der Waals surface area contributed by atoms with Crippen LogP contribution in [0, 0.1) is 12.8 Å². The zero-order chi connectivity index (χ0) is 27.3. The number of amides is 3. The molecule has 2 aromatic heterocycles. The van der Waals surface area contributed by atoms with Gasteiger partial charge in [-0.25, -0.2) is 4.90 Å². The van der Waals surface area contributed by atoms with Gasteiger partial charge in [-0.1, -0.05) is 41.3 Å². The Morgan fingerprint density at radius 2 is 1.82 bits per heavy atom. The van der Waals surface area contributed by atoms with E-state index in [-0.39, 0.29) is 29.1 Å². The Kier molecular flexibility index (Phi) is 6.66. The van der Waals surface area contributed by atoms with Gasteiger partial charge >= 0.3 is 4.87 Å². The summed E-state index contributed by atoms with van der Waals surface area (Å²) in [5.74, 6) is -1.46. The summed E-state index contributed by atoms with van der Waals surface area (Å²) in [5, 5.41) is 4.62. The molecule has 0 spiro atoms. The molecule has 11 heteroatoms. The molecule has 39 heavy (non-hydrogen) atoms. The fraction of sp³-hybridized carbons (Fsp3) is 0.214. The number of nitrogens with zero attached hydrogens (tertiary/aromatic N) is 2. The first-order valence-electron chi connectivity index (χ1n) is 12.2. The van der Waals surface area contributed by atoms with Gasteiger partial charge in [0.1, 0.15) is 17.5 Å². The van der Waals surface area contributed by atoms with Crippen LogP contribution in [0.4, 0.5) is 11.4 Å². The maximum atomic E-state index is 13.8. The third-order valence-electron chi connectivity index (χ3n) is 6.83. The average molecular weight is 578 g/mol. The van der Waals surface area contributed by atoms with E-state index in [9.17, 15) is 19.2 Å². The maximum absolute atomic E-state index is 13.8. The van der Waals surface area contributed by atoms with E-state index in [2.05, 4.69) is 5.32 Å². The fourth-order valence-electron chi connectivity index (χ4n) is 5.08. The predicted molar refractivity (Wildman–Crippen MR) is 153 cm³/mol. The number of methoxy groups -OCH3 is 1. The van der Waals surface area contributed by atoms with E-state index in [1.165, 1.54) is 32.6 Å². The van der Waals surface area contributed by atoms with Crippen molar-refractivity contribution in [3.8, 4) is 5.75 Å². The van der Waals surface area contributed by atoms with Crippen molar-refractivity contribution < 1.29 is 19.1 Å². The molecular formula is C28H23N3O5S3. The molecule has 8 nitrogen and oxygen atoms in total. The van der Waals surface area contributed by atoms with Gasteiger partial charge in [-0.15, -0.1) is 11.3 Å². The number of hydrogen-bond acceptors (Lipinski definition) is 8. The molecular weight excluding hydrogens is 555 g/mol. The summed E-state index contributed by atoms with van der Waals surface area (Å²) in [7, 11) is 1.55. The van der Waals surface area contributed by atoms with E-state index < -0.39 is 17.1 Å². The van der Waals surface area contributed by atoms with Gasteiger partial charge in [-0.2, -0.15) is 0 Å². The molecule has 3 amide bonds. The van der Waals surface area contributed by atoms with Gasteiger partial charge in [0.15, 0.2) is 0 Å². The number of aromatic nitrogens is 1. The minimum Gasteiger partial charge on any atom is -0.497 e. The number of thiophene rings is 1. The summed E-state index contributed by atoms with van der Waals surface area (Å²) in [6, 6.07) is 18.1. The second-order valence-electron chi connectivity index (χ2n) is 9.31. The van der Waals surface area contributed by atoms with Gasteiger partial charge in [0.05, 0.1) is 23.7 Å². The highest BCUT2D eigenvalue weighted by Gasteiger charge is 2.57. The zero-order valence-corrected chi connectivity index (χ0v) is 23.4. The topological polar surface area (TPSA) is 97.7 Å². The van der Waals surface area contributed by atoms with Crippen LogP contribution < -0.4 is 19.8 Å². The van der Waals surface area contributed by atoms with Crippen molar-refractivity contribution in [2.45, 2.75) is 29.7 Å². The van der Waals surface area contributed by atoms with Gasteiger partial charge in [-0.05, 0) is 60.3 Å². The molecule has 6 rings (SSSR count). The van der Waals surface area contributed by atoms with Crippen molar-refractivity contribution >= 4 is 63.5 Å². The molecule has 198 valence electrons. The van der Waals surface area contributed by atoms with E-state index in [0.717, 1.165) is 26.7 Å². The molecule has 2 aliphatic rings. The minimum absolute atomic E-state index is 0.190. The first-order valence-corrected chi connectivity index (χ1v) is 14.7. The van der Waals surface area contributed by atoms with E-state index in [1.54, 1.807) is 37.4 Å². The molecule has 4 aromatic rings. The Morgan fingerprint density at radius 3 is 2.51 bits per heavy atom. The van der Waals surface area contributed by atoms with Crippen LogP contribution in [-0.4, -0.2) is 34.6 Å². The third-order valence-corrected chi connectivity index (χ3v) is 10.4. The molecule has 4 heterocycles. The first kappa shape index (κ1) is 25.6. The highest BCUT2D eigenvalue weighted by Crippen LogP contribution is 2.54. The Labute approximate surface area is 236 Å². The molecule has 1 N–H and O–H groups in total. The number of carbonyl (C=O) groups excluding carboxylic acids is 3. The van der Waals surface area contributed by atoms with Gasteiger partial charge in [0.25, 0.3) is 0 Å². The number of benzene rings is 2.